The van der Waals surface area contributed by atoms with Crippen LogP contribution in [0.1, 0.15) is 36.0 Å². The van der Waals surface area contributed by atoms with Crippen LogP contribution < -0.4 is 5.32 Å². The van der Waals surface area contributed by atoms with Gasteiger partial charge in [0.25, 0.3) is 0 Å². The Labute approximate surface area is 170 Å². The number of hydrogen-bond acceptors (Lipinski definition) is 7. The number of amides is 1. The van der Waals surface area contributed by atoms with Crippen molar-refractivity contribution in [3.63, 3.8) is 0 Å². The Morgan fingerprint density at radius 2 is 2.00 bits per heavy atom. The minimum Gasteiger partial charge on any atom is -0.367 e. The summed E-state index contributed by atoms with van der Waals surface area (Å²) < 4.78 is 35.3. The number of piperidine rings is 1. The van der Waals surface area contributed by atoms with Gasteiger partial charge in [0.15, 0.2) is 5.82 Å². The Kier molecular flexibility index (Phi) is 7.34. The largest absolute Gasteiger partial charge is 0.367 e. The van der Waals surface area contributed by atoms with Crippen LogP contribution in [0.4, 0.5) is 0 Å². The molecule has 0 bridgehead atoms. The van der Waals surface area contributed by atoms with Crippen LogP contribution in [0.5, 0.6) is 0 Å². The molecular weight excluding hydrogens is 396 g/mol. The minimum absolute atomic E-state index is 0.0110. The predicted octanol–water partition coefficient (Wildman–Crippen LogP) is 1.08. The molecule has 2 heterocycles. The molecule has 1 amide bonds. The molecule has 1 aliphatic rings. The molecule has 9 nitrogen and oxygen atoms in total. The van der Waals surface area contributed by atoms with Crippen LogP contribution >= 0.6 is 0 Å². The maximum Gasteiger partial charge on any atom is 0.246 e. The van der Waals surface area contributed by atoms with Gasteiger partial charge < -0.3 is 14.6 Å². The van der Waals surface area contributed by atoms with Crippen molar-refractivity contribution in [1.82, 2.24) is 19.8 Å². The number of sulfonamides is 1. The van der Waals surface area contributed by atoms with Crippen LogP contribution in [0.3, 0.4) is 0 Å². The second-order valence-corrected chi connectivity index (χ2v) is 9.04. The summed E-state index contributed by atoms with van der Waals surface area (Å²) >= 11 is 0. The van der Waals surface area contributed by atoms with E-state index >= 15 is 0 Å². The number of hydrogen-bond donors (Lipinski definition) is 1. The van der Waals surface area contributed by atoms with Gasteiger partial charge in [0, 0.05) is 32.0 Å². The number of ether oxygens (including phenoxy) is 1. The molecule has 2 aromatic rings. The Bertz CT molecular complexity index is 892. The Morgan fingerprint density at radius 3 is 2.69 bits per heavy atom. The highest BCUT2D eigenvalue weighted by Gasteiger charge is 2.28. The zero-order valence-corrected chi connectivity index (χ0v) is 17.2. The maximum absolute atomic E-state index is 11.8. The molecular formula is C19H26N4O5S. The lowest BCUT2D eigenvalue weighted by atomic mass is 9.97. The number of aromatic nitrogens is 2. The molecule has 158 valence electrons. The van der Waals surface area contributed by atoms with Gasteiger partial charge in [-0.25, -0.2) is 12.7 Å². The number of nitrogens with one attached hydrogen (secondary N) is 1. The van der Waals surface area contributed by atoms with Crippen molar-refractivity contribution in [3.05, 3.63) is 47.6 Å². The fraction of sp³-hybridized carbons (Fsp3) is 0.526. The summed E-state index contributed by atoms with van der Waals surface area (Å²) in [5, 5.41) is 6.78. The van der Waals surface area contributed by atoms with E-state index in [9.17, 15) is 13.2 Å². The summed E-state index contributed by atoms with van der Waals surface area (Å²) in [6, 6.07) is 9.66. The van der Waals surface area contributed by atoms with Gasteiger partial charge in [-0.2, -0.15) is 4.98 Å². The van der Waals surface area contributed by atoms with E-state index in [-0.39, 0.29) is 18.4 Å². The molecule has 1 fully saturated rings. The third-order valence-electron chi connectivity index (χ3n) is 4.78. The average Bonchev–Trinajstić information content (AvgIpc) is 3.17. The van der Waals surface area contributed by atoms with Crippen LogP contribution in [0, 0.1) is 0 Å². The molecule has 29 heavy (non-hydrogen) atoms. The maximum atomic E-state index is 11.8. The highest BCUT2D eigenvalue weighted by molar-refractivity contribution is 7.88. The van der Waals surface area contributed by atoms with Crippen LogP contribution in [0.25, 0.3) is 0 Å². The summed E-state index contributed by atoms with van der Waals surface area (Å²) in [6.45, 7) is 1.68. The summed E-state index contributed by atoms with van der Waals surface area (Å²) in [5.74, 6) is 0.946. The summed E-state index contributed by atoms with van der Waals surface area (Å²) in [7, 11) is -3.15. The van der Waals surface area contributed by atoms with Crippen LogP contribution in [-0.2, 0) is 32.6 Å². The van der Waals surface area contributed by atoms with Crippen molar-refractivity contribution in [2.75, 3.05) is 32.5 Å². The van der Waals surface area contributed by atoms with Gasteiger partial charge in [-0.1, -0.05) is 35.5 Å². The van der Waals surface area contributed by atoms with Crippen molar-refractivity contribution >= 4 is 15.9 Å². The van der Waals surface area contributed by atoms with Gasteiger partial charge in [-0.3, -0.25) is 4.79 Å². The summed E-state index contributed by atoms with van der Waals surface area (Å²) in [6.07, 6.45) is 2.99. The van der Waals surface area contributed by atoms with Crippen LogP contribution in [-0.4, -0.2) is 61.3 Å². The third kappa shape index (κ3) is 6.62. The van der Waals surface area contributed by atoms with E-state index in [1.165, 1.54) is 10.6 Å². The first kappa shape index (κ1) is 21.4. The smallest absolute Gasteiger partial charge is 0.246 e. The SMILES string of the molecule is CS(=O)(=O)N1CCC(c2noc(CCNC(=O)COCc3ccccc3)n2)CC1. The minimum atomic E-state index is -3.15. The van der Waals surface area contributed by atoms with Crippen molar-refractivity contribution < 1.29 is 22.5 Å². The van der Waals surface area contributed by atoms with Crippen molar-refractivity contribution in [2.24, 2.45) is 0 Å². The van der Waals surface area contributed by atoms with Gasteiger partial charge in [0.05, 0.1) is 12.9 Å². The fourth-order valence-corrected chi connectivity index (χ4v) is 4.05. The molecule has 0 radical (unpaired) electrons. The number of nitrogens with zero attached hydrogens (tertiary/aromatic N) is 3. The standard InChI is InChI=1S/C19H26N4O5S/c1-29(25,26)23-11-8-16(9-12-23)19-21-18(28-22-19)7-10-20-17(24)14-27-13-15-5-3-2-4-6-15/h2-6,16H,7-14H2,1H3,(H,20,24). The van der Waals surface area contributed by atoms with Crippen LogP contribution in [0.15, 0.2) is 34.9 Å². The van der Waals surface area contributed by atoms with Gasteiger partial charge in [-0.15, -0.1) is 0 Å². The van der Waals surface area contributed by atoms with E-state index < -0.39 is 10.0 Å². The monoisotopic (exact) mass is 422 g/mol. The van der Waals surface area contributed by atoms with E-state index in [4.69, 9.17) is 9.26 Å². The highest BCUT2D eigenvalue weighted by atomic mass is 32.2. The first-order valence-electron chi connectivity index (χ1n) is 9.58. The summed E-state index contributed by atoms with van der Waals surface area (Å²) in [5.41, 5.74) is 1.01. The zero-order valence-electron chi connectivity index (χ0n) is 16.4. The van der Waals surface area contributed by atoms with Crippen molar-refractivity contribution in [2.45, 2.75) is 31.8 Å². The molecule has 3 rings (SSSR count). The molecule has 1 aromatic carbocycles. The third-order valence-corrected chi connectivity index (χ3v) is 6.08. The molecule has 1 N–H and O–H groups in total. The molecule has 0 unspecified atom stereocenters. The quantitative estimate of drug-likeness (QED) is 0.643. The first-order chi connectivity index (χ1) is 13.9. The molecule has 1 aliphatic heterocycles. The van der Waals surface area contributed by atoms with E-state index in [2.05, 4.69) is 15.5 Å². The van der Waals surface area contributed by atoms with Gasteiger partial charge in [0.1, 0.15) is 6.61 Å². The predicted molar refractivity (Wildman–Crippen MR) is 106 cm³/mol. The molecule has 10 heteroatoms. The highest BCUT2D eigenvalue weighted by Crippen LogP contribution is 2.26. The lowest BCUT2D eigenvalue weighted by molar-refractivity contribution is -0.126. The summed E-state index contributed by atoms with van der Waals surface area (Å²) in [4.78, 5) is 16.2. The van der Waals surface area contributed by atoms with E-state index in [1.54, 1.807) is 0 Å². The Morgan fingerprint density at radius 1 is 1.28 bits per heavy atom. The average molecular weight is 423 g/mol. The molecule has 0 atom stereocenters. The van der Waals surface area contributed by atoms with E-state index in [1.807, 2.05) is 30.3 Å². The van der Waals surface area contributed by atoms with Gasteiger partial charge in [0.2, 0.25) is 21.8 Å². The first-order valence-corrected chi connectivity index (χ1v) is 11.4. The van der Waals surface area contributed by atoms with E-state index in [0.29, 0.717) is 57.2 Å². The number of carbonyl (C=O) groups is 1. The van der Waals surface area contributed by atoms with Crippen molar-refractivity contribution in [3.8, 4) is 0 Å². The zero-order chi connectivity index (χ0) is 20.7. The Balaban J connectivity index is 1.35. The van der Waals surface area contributed by atoms with E-state index in [0.717, 1.165) is 5.56 Å². The molecule has 0 aliphatic carbocycles. The number of benzene rings is 1. The molecule has 0 saturated carbocycles. The second-order valence-electron chi connectivity index (χ2n) is 7.06. The topological polar surface area (TPSA) is 115 Å². The van der Waals surface area contributed by atoms with Gasteiger partial charge >= 0.3 is 0 Å². The second kappa shape index (κ2) is 9.95. The number of rotatable bonds is 9. The molecule has 0 spiro atoms. The lowest BCUT2D eigenvalue weighted by Gasteiger charge is -2.28. The van der Waals surface area contributed by atoms with Crippen molar-refractivity contribution in [1.29, 1.82) is 0 Å². The fourth-order valence-electron chi connectivity index (χ4n) is 3.18. The normalized spacial score (nSPS) is 16.0. The Hall–Kier alpha value is -2.30. The molecule has 1 saturated heterocycles. The lowest BCUT2D eigenvalue weighted by Crippen LogP contribution is -2.37. The molecule has 1 aromatic heterocycles. The van der Waals surface area contributed by atoms with Crippen LogP contribution in [0.2, 0.25) is 0 Å². The number of carbonyl (C=O) groups excluding carboxylic acids is 1. The van der Waals surface area contributed by atoms with Gasteiger partial charge in [-0.05, 0) is 18.4 Å².